The summed E-state index contributed by atoms with van der Waals surface area (Å²) in [7, 11) is 1.59. The second-order valence-electron chi connectivity index (χ2n) is 9.48. The summed E-state index contributed by atoms with van der Waals surface area (Å²) in [6.07, 6.45) is 6.20. The summed E-state index contributed by atoms with van der Waals surface area (Å²) in [5.41, 5.74) is 0.754. The van der Waals surface area contributed by atoms with Crippen molar-refractivity contribution in [3.05, 3.63) is 29.8 Å². The van der Waals surface area contributed by atoms with Crippen LogP contribution in [0.4, 0.5) is 0 Å². The van der Waals surface area contributed by atoms with E-state index in [0.29, 0.717) is 26.1 Å². The summed E-state index contributed by atoms with van der Waals surface area (Å²) in [6, 6.07) is 7.17. The molecule has 0 amide bonds. The van der Waals surface area contributed by atoms with E-state index >= 15 is 0 Å². The molecular formula is C29H42O8. The van der Waals surface area contributed by atoms with E-state index in [-0.39, 0.29) is 37.0 Å². The fourth-order valence-corrected chi connectivity index (χ4v) is 4.19. The van der Waals surface area contributed by atoms with E-state index in [2.05, 4.69) is 11.8 Å². The Morgan fingerprint density at radius 2 is 1.73 bits per heavy atom. The number of hydrogen-bond acceptors (Lipinski definition) is 8. The molecule has 37 heavy (non-hydrogen) atoms. The molecular weight excluding hydrogens is 476 g/mol. The Balaban J connectivity index is 1.40. The molecule has 4 atom stereocenters. The van der Waals surface area contributed by atoms with Gasteiger partial charge in [0.05, 0.1) is 39.5 Å². The quantitative estimate of drug-likeness (QED) is 0.172. The Kier molecular flexibility index (Phi) is 14.9. The summed E-state index contributed by atoms with van der Waals surface area (Å²) >= 11 is 0. The number of benzene rings is 1. The standard InChI is InChI=1S/C29H42O8/c1-22(30)18-24-19-27(37-29(24)33)11-9-7-5-3-4-6-8-10-25(31)20-35-16-17-36-21-28(32)23-12-14-26(34-2)15-13-23/h12-15,24-25,27-28,31-32H,3-7,9,11,16-21H2,1-2H3/t24?,25-,27-,28-/m1/s1. The number of rotatable bonds is 18. The summed E-state index contributed by atoms with van der Waals surface area (Å²) in [4.78, 5) is 23.0. The van der Waals surface area contributed by atoms with Gasteiger partial charge in [-0.2, -0.15) is 0 Å². The first-order chi connectivity index (χ1) is 17.9. The van der Waals surface area contributed by atoms with Crippen molar-refractivity contribution in [2.24, 2.45) is 5.92 Å². The smallest absolute Gasteiger partial charge is 0.309 e. The molecule has 8 nitrogen and oxygen atoms in total. The number of cyclic esters (lactones) is 1. The van der Waals surface area contributed by atoms with Gasteiger partial charge in [0.15, 0.2) is 0 Å². The van der Waals surface area contributed by atoms with Crippen LogP contribution < -0.4 is 4.74 Å². The molecule has 8 heteroatoms. The van der Waals surface area contributed by atoms with E-state index in [1.165, 1.54) is 6.92 Å². The molecule has 2 rings (SSSR count). The topological polar surface area (TPSA) is 112 Å². The van der Waals surface area contributed by atoms with Crippen LogP contribution in [0.1, 0.15) is 76.4 Å². The molecule has 0 spiro atoms. The highest BCUT2D eigenvalue weighted by Crippen LogP contribution is 2.27. The SMILES string of the molecule is COc1ccc([C@H](O)COCCOC[C@H](O)C#CCCCCCCC[C@@H]2CC(CC(C)=O)C(=O)O2)cc1. The van der Waals surface area contributed by atoms with Gasteiger partial charge in [-0.25, -0.2) is 0 Å². The van der Waals surface area contributed by atoms with E-state index in [4.69, 9.17) is 18.9 Å². The lowest BCUT2D eigenvalue weighted by Crippen LogP contribution is -2.16. The van der Waals surface area contributed by atoms with Crippen molar-refractivity contribution in [3.63, 3.8) is 0 Å². The summed E-state index contributed by atoms with van der Waals surface area (Å²) in [6.45, 7) is 2.42. The van der Waals surface area contributed by atoms with Gasteiger partial charge in [-0.05, 0) is 50.3 Å². The number of Topliss-reactive ketones (excluding diaryl/α,β-unsaturated/α-hetero) is 1. The van der Waals surface area contributed by atoms with Crippen molar-refractivity contribution in [1.82, 2.24) is 0 Å². The second kappa shape index (κ2) is 17.9. The largest absolute Gasteiger partial charge is 0.497 e. The van der Waals surface area contributed by atoms with Crippen molar-refractivity contribution < 1.29 is 38.7 Å². The minimum Gasteiger partial charge on any atom is -0.497 e. The number of aliphatic hydroxyl groups is 2. The summed E-state index contributed by atoms with van der Waals surface area (Å²) < 4.78 is 21.3. The number of methoxy groups -OCH3 is 1. The first kappa shape index (κ1) is 30.8. The molecule has 1 heterocycles. The van der Waals surface area contributed by atoms with Gasteiger partial charge in [-0.3, -0.25) is 4.79 Å². The second-order valence-corrected chi connectivity index (χ2v) is 9.48. The minimum absolute atomic E-state index is 0.0365. The van der Waals surface area contributed by atoms with Gasteiger partial charge >= 0.3 is 5.97 Å². The lowest BCUT2D eigenvalue weighted by atomic mass is 9.97. The van der Waals surface area contributed by atoms with Crippen LogP contribution in [-0.4, -0.2) is 67.7 Å². The molecule has 1 aromatic rings. The average Bonchev–Trinajstić information content (AvgIpc) is 3.22. The van der Waals surface area contributed by atoms with Crippen molar-refractivity contribution in [2.75, 3.05) is 33.5 Å². The van der Waals surface area contributed by atoms with Gasteiger partial charge < -0.3 is 34.0 Å². The normalized spacial score (nSPS) is 18.5. The zero-order valence-electron chi connectivity index (χ0n) is 22.2. The van der Waals surface area contributed by atoms with E-state index < -0.39 is 12.2 Å². The molecule has 0 bridgehead atoms. The van der Waals surface area contributed by atoms with Gasteiger partial charge in [-0.1, -0.05) is 37.3 Å². The maximum Gasteiger partial charge on any atom is 0.309 e. The van der Waals surface area contributed by atoms with Crippen LogP contribution in [0.3, 0.4) is 0 Å². The van der Waals surface area contributed by atoms with Crippen LogP contribution >= 0.6 is 0 Å². The molecule has 0 aliphatic carbocycles. The molecule has 1 unspecified atom stereocenters. The van der Waals surface area contributed by atoms with Crippen molar-refractivity contribution in [2.45, 2.75) is 83.0 Å². The Bertz CT molecular complexity index is 857. The van der Waals surface area contributed by atoms with Gasteiger partial charge in [0.25, 0.3) is 0 Å². The van der Waals surface area contributed by atoms with Crippen LogP contribution in [0, 0.1) is 17.8 Å². The Labute approximate surface area is 220 Å². The first-order valence-corrected chi connectivity index (χ1v) is 13.2. The molecule has 0 radical (unpaired) electrons. The Morgan fingerprint density at radius 1 is 1.05 bits per heavy atom. The number of unbranched alkanes of at least 4 members (excludes halogenated alkanes) is 5. The van der Waals surface area contributed by atoms with Gasteiger partial charge in [0, 0.05) is 12.8 Å². The fourth-order valence-electron chi connectivity index (χ4n) is 4.19. The number of hydrogen-bond donors (Lipinski definition) is 2. The number of carbonyl (C=O) groups is 2. The number of carbonyl (C=O) groups excluding carboxylic acids is 2. The first-order valence-electron chi connectivity index (χ1n) is 13.2. The van der Waals surface area contributed by atoms with Gasteiger partial charge in [0.1, 0.15) is 29.8 Å². The highest BCUT2D eigenvalue weighted by Gasteiger charge is 2.34. The summed E-state index contributed by atoms with van der Waals surface area (Å²) in [5.74, 6) is 6.10. The predicted octanol–water partition coefficient (Wildman–Crippen LogP) is 3.77. The fraction of sp³-hybridized carbons (Fsp3) is 0.655. The molecule has 1 aliphatic rings. The zero-order valence-corrected chi connectivity index (χ0v) is 22.2. The van der Waals surface area contributed by atoms with Crippen molar-refractivity contribution in [3.8, 4) is 17.6 Å². The Morgan fingerprint density at radius 3 is 2.43 bits per heavy atom. The van der Waals surface area contributed by atoms with Crippen LogP contribution in [-0.2, 0) is 23.8 Å². The summed E-state index contributed by atoms with van der Waals surface area (Å²) in [5, 5.41) is 20.0. The van der Waals surface area contributed by atoms with Crippen LogP contribution in [0.2, 0.25) is 0 Å². The third kappa shape index (κ3) is 13.1. The maximum absolute atomic E-state index is 11.8. The number of aliphatic hydroxyl groups excluding tert-OH is 2. The molecule has 2 N–H and O–H groups in total. The predicted molar refractivity (Wildman–Crippen MR) is 139 cm³/mol. The van der Waals surface area contributed by atoms with Crippen LogP contribution in [0.5, 0.6) is 5.75 Å². The Hall–Kier alpha value is -2.44. The van der Waals surface area contributed by atoms with E-state index in [1.54, 1.807) is 31.4 Å². The van der Waals surface area contributed by atoms with Gasteiger partial charge in [-0.15, -0.1) is 5.92 Å². The zero-order chi connectivity index (χ0) is 26.9. The van der Waals surface area contributed by atoms with Crippen LogP contribution in [0.25, 0.3) is 0 Å². The maximum atomic E-state index is 11.8. The number of esters is 1. The molecule has 0 aromatic heterocycles. The number of ketones is 1. The highest BCUT2D eigenvalue weighted by atomic mass is 16.6. The lowest BCUT2D eigenvalue weighted by Gasteiger charge is -2.12. The molecule has 206 valence electrons. The lowest BCUT2D eigenvalue weighted by molar-refractivity contribution is -0.145. The molecule has 1 aliphatic heterocycles. The third-order valence-electron chi connectivity index (χ3n) is 6.22. The van der Waals surface area contributed by atoms with Crippen molar-refractivity contribution >= 4 is 11.8 Å². The minimum atomic E-state index is -0.828. The van der Waals surface area contributed by atoms with Crippen molar-refractivity contribution in [1.29, 1.82) is 0 Å². The van der Waals surface area contributed by atoms with Crippen LogP contribution in [0.15, 0.2) is 24.3 Å². The van der Waals surface area contributed by atoms with E-state index in [1.807, 2.05) is 0 Å². The molecule has 1 aromatic carbocycles. The third-order valence-corrected chi connectivity index (χ3v) is 6.22. The average molecular weight is 519 g/mol. The molecule has 1 fully saturated rings. The van der Waals surface area contributed by atoms with E-state index in [9.17, 15) is 19.8 Å². The molecule has 1 saturated heterocycles. The van der Waals surface area contributed by atoms with E-state index in [0.717, 1.165) is 56.3 Å². The number of ether oxygens (including phenoxy) is 4. The molecule has 0 saturated carbocycles. The van der Waals surface area contributed by atoms with Gasteiger partial charge in [0.2, 0.25) is 0 Å². The monoisotopic (exact) mass is 518 g/mol. The highest BCUT2D eigenvalue weighted by molar-refractivity contribution is 5.83.